The quantitative estimate of drug-likeness (QED) is 0.293. The predicted octanol–water partition coefficient (Wildman–Crippen LogP) is 1.34. The van der Waals surface area contributed by atoms with Crippen LogP contribution >= 0.6 is 0 Å². The third-order valence-electron chi connectivity index (χ3n) is 4.06. The van der Waals surface area contributed by atoms with Crippen LogP contribution in [0.25, 0.3) is 0 Å². The molecular weight excluding hydrogens is 311 g/mol. The van der Waals surface area contributed by atoms with Gasteiger partial charge in [-0.25, -0.2) is 8.42 Å². The van der Waals surface area contributed by atoms with Crippen molar-refractivity contribution >= 4 is 10.1 Å². The van der Waals surface area contributed by atoms with Gasteiger partial charge >= 0.3 is 29.6 Å². The van der Waals surface area contributed by atoms with Crippen LogP contribution in [0.5, 0.6) is 0 Å². The molecule has 0 radical (unpaired) electrons. The van der Waals surface area contributed by atoms with Crippen molar-refractivity contribution in [2.75, 3.05) is 0 Å². The molecule has 0 aromatic heterocycles. The van der Waals surface area contributed by atoms with Gasteiger partial charge in [0.25, 0.3) is 0 Å². The Balaban J connectivity index is 0. The van der Waals surface area contributed by atoms with E-state index in [1.54, 1.807) is 0 Å². The van der Waals surface area contributed by atoms with Crippen LogP contribution in [-0.2, 0) is 10.1 Å². The molecule has 6 heteroatoms. The van der Waals surface area contributed by atoms with Crippen molar-refractivity contribution in [3.8, 4) is 0 Å². The van der Waals surface area contributed by atoms with E-state index >= 15 is 0 Å². The van der Waals surface area contributed by atoms with Gasteiger partial charge in [0, 0.05) is 0 Å². The maximum Gasteiger partial charge on any atom is 1.00 e. The first-order chi connectivity index (χ1) is 9.87. The van der Waals surface area contributed by atoms with Crippen molar-refractivity contribution in [2.45, 2.75) is 102 Å². The minimum Gasteiger partial charge on any atom is -0.746 e. The second kappa shape index (κ2) is 14.2. The Kier molecular flexibility index (Phi) is 16.2. The molecular formula is C16H33NaO4S. The minimum atomic E-state index is -4.64. The molecule has 1 atom stereocenters. The van der Waals surface area contributed by atoms with Crippen molar-refractivity contribution in [3.05, 3.63) is 0 Å². The molecule has 22 heavy (non-hydrogen) atoms. The van der Waals surface area contributed by atoms with E-state index in [1.807, 2.05) is 6.92 Å². The van der Waals surface area contributed by atoms with Crippen molar-refractivity contribution in [1.82, 2.24) is 0 Å². The average molecular weight is 344 g/mol. The summed E-state index contributed by atoms with van der Waals surface area (Å²) in [5, 5.41) is 10.1. The van der Waals surface area contributed by atoms with Crippen molar-refractivity contribution < 1.29 is 47.6 Å². The Morgan fingerprint density at radius 2 is 1.09 bits per heavy atom. The molecule has 0 saturated heterocycles. The van der Waals surface area contributed by atoms with E-state index in [1.165, 1.54) is 25.7 Å². The summed E-state index contributed by atoms with van der Waals surface area (Å²) in [6.07, 6.45) is 11.2. The van der Waals surface area contributed by atoms with Gasteiger partial charge < -0.3 is 9.66 Å². The molecule has 0 fully saturated rings. The smallest absolute Gasteiger partial charge is 0.746 e. The summed E-state index contributed by atoms with van der Waals surface area (Å²) in [5.74, 6) is 0. The molecule has 0 aliphatic carbocycles. The Bertz CT molecular complexity index is 346. The topological polar surface area (TPSA) is 77.4 Å². The maximum atomic E-state index is 11.3. The molecule has 0 bridgehead atoms. The number of aliphatic hydroxyl groups is 1. The largest absolute Gasteiger partial charge is 1.00 e. The summed E-state index contributed by atoms with van der Waals surface area (Å²) in [5.41, 5.74) is 0. The first-order valence-electron chi connectivity index (χ1n) is 8.55. The molecule has 0 saturated carbocycles. The normalized spacial score (nSPS) is 14.4. The monoisotopic (exact) mass is 344 g/mol. The zero-order chi connectivity index (χ0) is 16.2. The summed E-state index contributed by atoms with van der Waals surface area (Å²) in [6.45, 7) is 4.19. The minimum absolute atomic E-state index is 0. The van der Waals surface area contributed by atoms with Crippen LogP contribution in [0.2, 0.25) is 0 Å². The fourth-order valence-corrected chi connectivity index (χ4v) is 3.35. The fourth-order valence-electron chi connectivity index (χ4n) is 2.56. The van der Waals surface area contributed by atoms with E-state index in [4.69, 9.17) is 0 Å². The average Bonchev–Trinajstić information content (AvgIpc) is 2.41. The molecule has 0 amide bonds. The second-order valence-corrected chi connectivity index (χ2v) is 7.75. The van der Waals surface area contributed by atoms with Crippen LogP contribution < -0.4 is 29.6 Å². The van der Waals surface area contributed by atoms with Crippen LogP contribution in [0.4, 0.5) is 0 Å². The fraction of sp³-hybridized carbons (Fsp3) is 1.00. The van der Waals surface area contributed by atoms with Crippen LogP contribution in [0.3, 0.4) is 0 Å². The predicted molar refractivity (Wildman–Crippen MR) is 86.0 cm³/mol. The summed E-state index contributed by atoms with van der Waals surface area (Å²) >= 11 is 0. The van der Waals surface area contributed by atoms with Gasteiger partial charge in [-0.3, -0.25) is 0 Å². The third kappa shape index (κ3) is 11.4. The summed E-state index contributed by atoms with van der Waals surface area (Å²) < 4.78 is 33.8. The molecule has 0 rings (SSSR count). The van der Waals surface area contributed by atoms with Gasteiger partial charge in [0.15, 0.2) is 4.93 Å². The maximum absolute atomic E-state index is 11.3. The molecule has 0 aromatic carbocycles. The van der Waals surface area contributed by atoms with E-state index in [2.05, 4.69) is 6.92 Å². The van der Waals surface area contributed by atoms with E-state index in [0.717, 1.165) is 32.1 Å². The number of unbranched alkanes of at least 4 members (excludes halogenated alkanes) is 9. The van der Waals surface area contributed by atoms with Crippen LogP contribution in [0.1, 0.15) is 97.3 Å². The van der Waals surface area contributed by atoms with Crippen molar-refractivity contribution in [2.24, 2.45) is 0 Å². The van der Waals surface area contributed by atoms with Crippen LogP contribution in [0, 0.1) is 0 Å². The molecule has 0 aliphatic rings. The van der Waals surface area contributed by atoms with E-state index in [0.29, 0.717) is 12.8 Å². The molecule has 128 valence electrons. The standard InChI is InChI=1S/C16H34O4S.Na/c1-3-5-7-8-9-10-11-13-15-16(17,21(18,19)20)14-12-6-4-2;/h17H,3-15H2,1-2H3,(H,18,19,20);/q;+1/p-1. The van der Waals surface area contributed by atoms with Crippen molar-refractivity contribution in [3.63, 3.8) is 0 Å². The molecule has 1 N–H and O–H groups in total. The van der Waals surface area contributed by atoms with Gasteiger partial charge in [0.05, 0.1) is 0 Å². The van der Waals surface area contributed by atoms with Crippen LogP contribution in [-0.4, -0.2) is 23.0 Å². The van der Waals surface area contributed by atoms with E-state index < -0.39 is 15.1 Å². The van der Waals surface area contributed by atoms with E-state index in [-0.39, 0.29) is 42.4 Å². The Labute approximate surface area is 159 Å². The third-order valence-corrected chi connectivity index (χ3v) is 5.40. The summed E-state index contributed by atoms with van der Waals surface area (Å²) in [7, 11) is -4.64. The van der Waals surface area contributed by atoms with Crippen molar-refractivity contribution in [1.29, 1.82) is 0 Å². The van der Waals surface area contributed by atoms with Gasteiger partial charge in [-0.1, -0.05) is 71.6 Å². The molecule has 4 nitrogen and oxygen atoms in total. The number of rotatable bonds is 14. The molecule has 0 aromatic rings. The van der Waals surface area contributed by atoms with Crippen LogP contribution in [0.15, 0.2) is 0 Å². The van der Waals surface area contributed by atoms with Gasteiger partial charge in [0.1, 0.15) is 10.1 Å². The SMILES string of the molecule is CCCCCCCCCCC(O)(CCCCC)S(=O)(=O)[O-].[Na+]. The summed E-state index contributed by atoms with van der Waals surface area (Å²) in [6, 6.07) is 0. The first-order valence-corrected chi connectivity index (χ1v) is 9.96. The Morgan fingerprint density at radius 3 is 1.50 bits per heavy atom. The van der Waals surface area contributed by atoms with Gasteiger partial charge in [-0.05, 0) is 25.7 Å². The zero-order valence-corrected chi connectivity index (χ0v) is 17.6. The van der Waals surface area contributed by atoms with Gasteiger partial charge in [0.2, 0.25) is 0 Å². The van der Waals surface area contributed by atoms with Gasteiger partial charge in [-0.15, -0.1) is 0 Å². The summed E-state index contributed by atoms with van der Waals surface area (Å²) in [4.78, 5) is -2.05. The molecule has 0 heterocycles. The molecule has 1 unspecified atom stereocenters. The Morgan fingerprint density at radius 1 is 0.773 bits per heavy atom. The second-order valence-electron chi connectivity index (χ2n) is 6.08. The first kappa shape index (κ1) is 25.1. The molecule has 0 spiro atoms. The zero-order valence-electron chi connectivity index (χ0n) is 14.8. The number of hydrogen-bond donors (Lipinski definition) is 1. The van der Waals surface area contributed by atoms with Gasteiger partial charge in [-0.2, -0.15) is 0 Å². The Hall–Kier alpha value is 0.870. The molecule has 0 aliphatic heterocycles. The van der Waals surface area contributed by atoms with E-state index in [9.17, 15) is 18.1 Å². The number of hydrogen-bond acceptors (Lipinski definition) is 4.